The second-order valence-electron chi connectivity index (χ2n) is 7.61. The van der Waals surface area contributed by atoms with Crippen molar-refractivity contribution in [3.05, 3.63) is 70.8 Å². The van der Waals surface area contributed by atoms with E-state index >= 15 is 0 Å². The van der Waals surface area contributed by atoms with Crippen molar-refractivity contribution in [1.29, 1.82) is 0 Å². The molecule has 3 aromatic heterocycles. The summed E-state index contributed by atoms with van der Waals surface area (Å²) in [6.45, 7) is 6.37. The van der Waals surface area contributed by atoms with Crippen molar-refractivity contribution < 1.29 is 4.74 Å². The van der Waals surface area contributed by atoms with Gasteiger partial charge >= 0.3 is 0 Å². The number of nitrogens with zero attached hydrogens (tertiary/aromatic N) is 4. The molecule has 0 amide bonds. The molecule has 4 rings (SSSR count). The van der Waals surface area contributed by atoms with Gasteiger partial charge in [0.2, 0.25) is 11.8 Å². The van der Waals surface area contributed by atoms with Gasteiger partial charge in [-0.15, -0.1) is 0 Å². The first-order valence-electron chi connectivity index (χ1n) is 9.30. The first-order valence-corrected chi connectivity index (χ1v) is 9.30. The molecule has 0 aliphatic rings. The van der Waals surface area contributed by atoms with Crippen LogP contribution in [0.4, 0.5) is 5.95 Å². The SMILES string of the molecule is CC(C)(C)Oc1cc(CNc2nc3c(cnn3-c3ccccc3)c(=O)[nH]2)ccn1. The summed E-state index contributed by atoms with van der Waals surface area (Å²) < 4.78 is 7.45. The van der Waals surface area contributed by atoms with E-state index in [4.69, 9.17) is 4.74 Å². The molecule has 8 heteroatoms. The minimum absolute atomic E-state index is 0.244. The van der Waals surface area contributed by atoms with E-state index in [2.05, 4.69) is 25.4 Å². The van der Waals surface area contributed by atoms with E-state index < -0.39 is 0 Å². The summed E-state index contributed by atoms with van der Waals surface area (Å²) >= 11 is 0. The van der Waals surface area contributed by atoms with E-state index in [0.29, 0.717) is 29.4 Å². The first kappa shape index (κ1) is 18.7. The average molecular weight is 390 g/mol. The van der Waals surface area contributed by atoms with Gasteiger partial charge in [0.05, 0.1) is 11.9 Å². The molecule has 0 unspecified atom stereocenters. The van der Waals surface area contributed by atoms with E-state index in [0.717, 1.165) is 11.3 Å². The fourth-order valence-corrected chi connectivity index (χ4v) is 2.88. The summed E-state index contributed by atoms with van der Waals surface area (Å²) in [6, 6.07) is 13.3. The Hall–Kier alpha value is -3.68. The molecule has 29 heavy (non-hydrogen) atoms. The van der Waals surface area contributed by atoms with Gasteiger partial charge < -0.3 is 10.1 Å². The summed E-state index contributed by atoms with van der Waals surface area (Å²) in [5, 5.41) is 7.91. The van der Waals surface area contributed by atoms with E-state index in [1.54, 1.807) is 10.9 Å². The zero-order valence-corrected chi connectivity index (χ0v) is 16.5. The van der Waals surface area contributed by atoms with Crippen molar-refractivity contribution in [2.75, 3.05) is 5.32 Å². The van der Waals surface area contributed by atoms with Crippen LogP contribution in [0.3, 0.4) is 0 Å². The highest BCUT2D eigenvalue weighted by Gasteiger charge is 2.14. The Morgan fingerprint density at radius 2 is 1.97 bits per heavy atom. The normalized spacial score (nSPS) is 11.6. The lowest BCUT2D eigenvalue weighted by molar-refractivity contribution is 0.124. The smallest absolute Gasteiger partial charge is 0.263 e. The van der Waals surface area contributed by atoms with Crippen molar-refractivity contribution in [2.24, 2.45) is 0 Å². The van der Waals surface area contributed by atoms with Gasteiger partial charge in [-0.1, -0.05) is 18.2 Å². The number of hydrogen-bond donors (Lipinski definition) is 2. The van der Waals surface area contributed by atoms with Crippen LogP contribution in [0.1, 0.15) is 26.3 Å². The summed E-state index contributed by atoms with van der Waals surface area (Å²) in [5.74, 6) is 0.922. The van der Waals surface area contributed by atoms with Crippen molar-refractivity contribution in [3.8, 4) is 11.6 Å². The van der Waals surface area contributed by atoms with Crippen LogP contribution in [0.5, 0.6) is 5.88 Å². The number of H-pyrrole nitrogens is 1. The van der Waals surface area contributed by atoms with Crippen molar-refractivity contribution in [1.82, 2.24) is 24.7 Å². The monoisotopic (exact) mass is 390 g/mol. The molecule has 0 bridgehead atoms. The molecule has 0 saturated heterocycles. The number of anilines is 1. The molecule has 4 aromatic rings. The van der Waals surface area contributed by atoms with Gasteiger partial charge in [0.15, 0.2) is 5.65 Å². The van der Waals surface area contributed by atoms with Crippen LogP contribution in [0.2, 0.25) is 0 Å². The van der Waals surface area contributed by atoms with Crippen LogP contribution < -0.4 is 15.6 Å². The minimum atomic E-state index is -0.327. The zero-order chi connectivity index (χ0) is 20.4. The molecule has 0 radical (unpaired) electrons. The Morgan fingerprint density at radius 1 is 1.17 bits per heavy atom. The zero-order valence-electron chi connectivity index (χ0n) is 16.5. The molecule has 0 spiro atoms. The maximum absolute atomic E-state index is 12.4. The molecule has 1 aromatic carbocycles. The van der Waals surface area contributed by atoms with Crippen LogP contribution in [0, 0.1) is 0 Å². The van der Waals surface area contributed by atoms with E-state index in [-0.39, 0.29) is 11.2 Å². The van der Waals surface area contributed by atoms with Crippen LogP contribution in [-0.2, 0) is 6.54 Å². The topological polar surface area (TPSA) is 97.7 Å². The van der Waals surface area contributed by atoms with Gasteiger partial charge in [-0.3, -0.25) is 9.78 Å². The Labute approximate surface area is 167 Å². The molecule has 0 atom stereocenters. The lowest BCUT2D eigenvalue weighted by atomic mass is 10.2. The van der Waals surface area contributed by atoms with Gasteiger partial charge in [0.1, 0.15) is 11.0 Å². The highest BCUT2D eigenvalue weighted by molar-refractivity contribution is 5.76. The third-order valence-electron chi connectivity index (χ3n) is 4.11. The van der Waals surface area contributed by atoms with Crippen LogP contribution in [-0.4, -0.2) is 30.3 Å². The molecule has 0 fully saturated rings. The van der Waals surface area contributed by atoms with Crippen LogP contribution in [0.15, 0.2) is 59.7 Å². The summed E-state index contributed by atoms with van der Waals surface area (Å²) in [4.78, 5) is 24.0. The summed E-state index contributed by atoms with van der Waals surface area (Å²) in [6.07, 6.45) is 3.22. The van der Waals surface area contributed by atoms with Crippen molar-refractivity contribution >= 4 is 17.0 Å². The fourth-order valence-electron chi connectivity index (χ4n) is 2.88. The Balaban J connectivity index is 1.59. The molecular formula is C21H22N6O2. The number of pyridine rings is 1. The molecule has 3 heterocycles. The number of hydrogen-bond acceptors (Lipinski definition) is 6. The molecular weight excluding hydrogens is 368 g/mol. The van der Waals surface area contributed by atoms with E-state index in [9.17, 15) is 4.79 Å². The number of para-hydroxylation sites is 1. The quantitative estimate of drug-likeness (QED) is 0.543. The highest BCUT2D eigenvalue weighted by Crippen LogP contribution is 2.18. The standard InChI is InChI=1S/C21H22N6O2/c1-21(2,3)29-17-11-14(9-10-22-17)12-23-20-25-18-16(19(28)26-20)13-24-27(18)15-7-5-4-6-8-15/h4-11,13H,12H2,1-3H3,(H2,23,25,26,28). The van der Waals surface area contributed by atoms with E-state index in [1.165, 1.54) is 6.20 Å². The predicted molar refractivity (Wildman–Crippen MR) is 111 cm³/mol. The van der Waals surface area contributed by atoms with Gasteiger partial charge in [-0.05, 0) is 44.5 Å². The number of aromatic nitrogens is 5. The van der Waals surface area contributed by atoms with Crippen molar-refractivity contribution in [3.63, 3.8) is 0 Å². The molecule has 148 valence electrons. The molecule has 8 nitrogen and oxygen atoms in total. The predicted octanol–water partition coefficient (Wildman–Crippen LogP) is 3.29. The number of nitrogens with one attached hydrogen (secondary N) is 2. The van der Waals surface area contributed by atoms with Crippen molar-refractivity contribution in [2.45, 2.75) is 32.9 Å². The maximum Gasteiger partial charge on any atom is 0.263 e. The van der Waals surface area contributed by atoms with Crippen LogP contribution in [0.25, 0.3) is 16.7 Å². The Bertz CT molecular complexity index is 1190. The average Bonchev–Trinajstić information content (AvgIpc) is 3.11. The highest BCUT2D eigenvalue weighted by atomic mass is 16.5. The number of rotatable bonds is 5. The number of aromatic amines is 1. The van der Waals surface area contributed by atoms with E-state index in [1.807, 2.05) is 63.2 Å². The van der Waals surface area contributed by atoms with Gasteiger partial charge in [0, 0.05) is 18.8 Å². The summed E-state index contributed by atoms with van der Waals surface area (Å²) in [7, 11) is 0. The Morgan fingerprint density at radius 3 is 2.72 bits per heavy atom. The lowest BCUT2D eigenvalue weighted by Gasteiger charge is -2.20. The third-order valence-corrected chi connectivity index (χ3v) is 4.11. The molecule has 0 aliphatic carbocycles. The fraction of sp³-hybridized carbons (Fsp3) is 0.238. The molecule has 0 saturated carbocycles. The molecule has 2 N–H and O–H groups in total. The maximum atomic E-state index is 12.4. The second-order valence-corrected chi connectivity index (χ2v) is 7.61. The third kappa shape index (κ3) is 4.26. The number of benzene rings is 1. The number of fused-ring (bicyclic) bond motifs is 1. The largest absolute Gasteiger partial charge is 0.472 e. The number of ether oxygens (including phenoxy) is 1. The summed E-state index contributed by atoms with van der Waals surface area (Å²) in [5.41, 5.74) is 1.72. The van der Waals surface area contributed by atoms with Gasteiger partial charge in [-0.2, -0.15) is 10.1 Å². The Kier molecular flexibility index (Phi) is 4.75. The first-order chi connectivity index (χ1) is 13.9. The van der Waals surface area contributed by atoms with Gasteiger partial charge in [-0.25, -0.2) is 9.67 Å². The van der Waals surface area contributed by atoms with Crippen LogP contribution >= 0.6 is 0 Å². The van der Waals surface area contributed by atoms with Gasteiger partial charge in [0.25, 0.3) is 5.56 Å². The second kappa shape index (κ2) is 7.38. The molecule has 0 aliphatic heterocycles. The lowest BCUT2D eigenvalue weighted by Crippen LogP contribution is -2.23. The minimum Gasteiger partial charge on any atom is -0.472 e.